The molecule has 2 aromatic carbocycles. The summed E-state index contributed by atoms with van der Waals surface area (Å²) in [6.07, 6.45) is 1.89. The zero-order chi connectivity index (χ0) is 24.4. The van der Waals surface area contributed by atoms with Crippen LogP contribution in [0.2, 0.25) is 0 Å². The van der Waals surface area contributed by atoms with Gasteiger partial charge in [-0.1, -0.05) is 60.7 Å². The minimum Gasteiger partial charge on any atom is -0.444 e. The van der Waals surface area contributed by atoms with Gasteiger partial charge in [-0.15, -0.1) is 11.3 Å². The van der Waals surface area contributed by atoms with Gasteiger partial charge < -0.3 is 15.2 Å². The summed E-state index contributed by atoms with van der Waals surface area (Å²) in [4.78, 5) is 17.2. The largest absolute Gasteiger partial charge is 0.444 e. The fraction of sp³-hybridized carbons (Fsp3) is 0.333. The van der Waals surface area contributed by atoms with Crippen LogP contribution in [0.5, 0.6) is 0 Å². The summed E-state index contributed by atoms with van der Waals surface area (Å²) in [7, 11) is -3.51. The lowest BCUT2D eigenvalue weighted by Gasteiger charge is -2.28. The minimum atomic E-state index is -3.51. The van der Waals surface area contributed by atoms with Gasteiger partial charge in [0.1, 0.15) is 6.61 Å². The monoisotopic (exact) mass is 503 g/mol. The molecule has 1 amide bonds. The molecule has 0 aliphatic rings. The van der Waals surface area contributed by atoms with Gasteiger partial charge in [-0.05, 0) is 30.4 Å². The number of ether oxygens (including phenoxy) is 1. The van der Waals surface area contributed by atoms with Crippen molar-refractivity contribution in [2.45, 2.75) is 44.1 Å². The molecule has 0 bridgehead atoms. The first-order valence-electron chi connectivity index (χ1n) is 10.8. The van der Waals surface area contributed by atoms with E-state index < -0.39 is 34.3 Å². The number of carbonyl (C=O) groups is 1. The molecule has 182 valence electrons. The summed E-state index contributed by atoms with van der Waals surface area (Å²) in [6, 6.07) is 17.7. The smallest absolute Gasteiger partial charge is 0.407 e. The summed E-state index contributed by atoms with van der Waals surface area (Å²) >= 11 is 1.38. The Balaban J connectivity index is 1.71. The third-order valence-corrected chi connectivity index (χ3v) is 6.64. The van der Waals surface area contributed by atoms with Crippen LogP contribution in [-0.4, -0.2) is 49.0 Å². The molecule has 0 spiro atoms. The van der Waals surface area contributed by atoms with E-state index in [1.165, 1.54) is 11.3 Å². The summed E-state index contributed by atoms with van der Waals surface area (Å²) in [5, 5.41) is 13.9. The van der Waals surface area contributed by atoms with Crippen LogP contribution in [0, 0.1) is 0 Å². The van der Waals surface area contributed by atoms with E-state index in [4.69, 9.17) is 4.74 Å². The second-order valence-electron chi connectivity index (χ2n) is 8.06. The van der Waals surface area contributed by atoms with Gasteiger partial charge in [-0.25, -0.2) is 17.9 Å². The summed E-state index contributed by atoms with van der Waals surface area (Å²) < 4.78 is 31.8. The van der Waals surface area contributed by atoms with Crippen molar-refractivity contribution in [1.82, 2.24) is 15.0 Å². The van der Waals surface area contributed by atoms with Crippen LogP contribution in [0.25, 0.3) is 0 Å². The lowest BCUT2D eigenvalue weighted by molar-refractivity contribution is 0.0913. The molecule has 8 nitrogen and oxygen atoms in total. The number of hydrogen-bond acceptors (Lipinski definition) is 7. The van der Waals surface area contributed by atoms with Gasteiger partial charge in [0.25, 0.3) is 0 Å². The van der Waals surface area contributed by atoms with E-state index in [0.717, 1.165) is 22.3 Å². The zero-order valence-electron chi connectivity index (χ0n) is 18.8. The molecule has 3 unspecified atom stereocenters. The van der Waals surface area contributed by atoms with E-state index in [2.05, 4.69) is 15.0 Å². The molecule has 3 rings (SSSR count). The zero-order valence-corrected chi connectivity index (χ0v) is 20.5. The molecule has 34 heavy (non-hydrogen) atoms. The number of carbonyl (C=O) groups excluding carboxylic acids is 1. The highest BCUT2D eigenvalue weighted by Crippen LogP contribution is 2.15. The fourth-order valence-corrected chi connectivity index (χ4v) is 4.92. The fourth-order valence-electron chi connectivity index (χ4n) is 3.62. The van der Waals surface area contributed by atoms with Gasteiger partial charge in [0.05, 0.1) is 28.8 Å². The van der Waals surface area contributed by atoms with E-state index in [0.29, 0.717) is 12.8 Å². The Hall–Kier alpha value is -2.79. The van der Waals surface area contributed by atoms with Crippen LogP contribution in [0.3, 0.4) is 0 Å². The Bertz CT molecular complexity index is 1110. The molecular weight excluding hydrogens is 474 g/mol. The Kier molecular flexibility index (Phi) is 9.58. The number of aliphatic hydroxyl groups excluding tert-OH is 1. The SMILES string of the molecule is CS(=O)(=O)NC(Cc1ccccc1)CC(O)C(Cc1ccccc1)NC(=O)OCc1cncs1. The van der Waals surface area contributed by atoms with E-state index >= 15 is 0 Å². The lowest BCUT2D eigenvalue weighted by Crippen LogP contribution is -2.48. The van der Waals surface area contributed by atoms with Gasteiger partial charge in [-0.3, -0.25) is 4.98 Å². The van der Waals surface area contributed by atoms with E-state index in [-0.39, 0.29) is 13.0 Å². The van der Waals surface area contributed by atoms with Crippen molar-refractivity contribution in [2.24, 2.45) is 0 Å². The van der Waals surface area contributed by atoms with Crippen molar-refractivity contribution in [3.8, 4) is 0 Å². The normalized spacial score (nSPS) is 14.2. The molecule has 0 radical (unpaired) electrons. The molecule has 0 aliphatic heterocycles. The van der Waals surface area contributed by atoms with Crippen LogP contribution >= 0.6 is 11.3 Å². The van der Waals surface area contributed by atoms with Gasteiger partial charge in [0.15, 0.2) is 0 Å². The highest BCUT2D eigenvalue weighted by atomic mass is 32.2. The van der Waals surface area contributed by atoms with Crippen LogP contribution in [0.1, 0.15) is 22.4 Å². The van der Waals surface area contributed by atoms with Crippen LogP contribution in [0.4, 0.5) is 4.79 Å². The van der Waals surface area contributed by atoms with Gasteiger partial charge in [-0.2, -0.15) is 0 Å². The van der Waals surface area contributed by atoms with E-state index in [9.17, 15) is 18.3 Å². The van der Waals surface area contributed by atoms with Crippen molar-refractivity contribution in [3.63, 3.8) is 0 Å². The molecule has 3 aromatic rings. The number of hydrogen-bond donors (Lipinski definition) is 3. The average Bonchev–Trinajstić information content (AvgIpc) is 3.31. The van der Waals surface area contributed by atoms with E-state index in [1.807, 2.05) is 60.7 Å². The molecule has 3 atom stereocenters. The van der Waals surface area contributed by atoms with Gasteiger partial charge >= 0.3 is 6.09 Å². The summed E-state index contributed by atoms with van der Waals surface area (Å²) in [6.45, 7) is 0.0803. The first-order chi connectivity index (χ1) is 16.3. The first-order valence-corrected chi connectivity index (χ1v) is 13.6. The van der Waals surface area contributed by atoms with Crippen molar-refractivity contribution in [2.75, 3.05) is 6.26 Å². The molecule has 1 heterocycles. The highest BCUT2D eigenvalue weighted by molar-refractivity contribution is 7.88. The number of benzene rings is 2. The molecule has 1 aromatic heterocycles. The number of amides is 1. The second kappa shape index (κ2) is 12.6. The number of aliphatic hydroxyl groups is 1. The number of nitrogens with one attached hydrogen (secondary N) is 2. The molecule has 0 fully saturated rings. The third kappa shape index (κ3) is 9.22. The van der Waals surface area contributed by atoms with Crippen LogP contribution in [-0.2, 0) is 34.2 Å². The van der Waals surface area contributed by atoms with Crippen LogP contribution < -0.4 is 10.0 Å². The predicted molar refractivity (Wildman–Crippen MR) is 132 cm³/mol. The van der Waals surface area contributed by atoms with Crippen molar-refractivity contribution >= 4 is 27.5 Å². The standard InChI is InChI=1S/C24H29N3O5S2/c1-34(30,31)27-20(12-18-8-4-2-5-9-18)14-23(28)22(13-19-10-6-3-7-11-19)26-24(29)32-16-21-15-25-17-33-21/h2-11,15,17,20,22-23,27-28H,12-14,16H2,1H3,(H,26,29). The first kappa shape index (κ1) is 25.8. The average molecular weight is 504 g/mol. The number of aromatic nitrogens is 1. The highest BCUT2D eigenvalue weighted by Gasteiger charge is 2.27. The van der Waals surface area contributed by atoms with E-state index in [1.54, 1.807) is 11.7 Å². The second-order valence-corrected chi connectivity index (χ2v) is 10.8. The Morgan fingerprint density at radius 1 is 1.06 bits per heavy atom. The quantitative estimate of drug-likeness (QED) is 0.350. The molecule has 0 saturated carbocycles. The molecule has 10 heteroatoms. The number of sulfonamides is 1. The third-order valence-electron chi connectivity index (χ3n) is 5.13. The summed E-state index contributed by atoms with van der Waals surface area (Å²) in [5.41, 5.74) is 3.51. The number of rotatable bonds is 12. The van der Waals surface area contributed by atoms with Crippen molar-refractivity contribution < 1.29 is 23.1 Å². The van der Waals surface area contributed by atoms with Crippen molar-refractivity contribution in [1.29, 1.82) is 0 Å². The minimum absolute atomic E-state index is 0.0803. The maximum absolute atomic E-state index is 12.5. The number of thiazole rings is 1. The molecule has 0 aliphatic carbocycles. The number of nitrogens with zero attached hydrogens (tertiary/aromatic N) is 1. The predicted octanol–water partition coefficient (Wildman–Crippen LogP) is 2.89. The molecular formula is C24H29N3O5S2. The molecule has 0 saturated heterocycles. The Morgan fingerprint density at radius 3 is 2.24 bits per heavy atom. The summed E-state index contributed by atoms with van der Waals surface area (Å²) in [5.74, 6) is 0. The van der Waals surface area contributed by atoms with Crippen LogP contribution in [0.15, 0.2) is 72.4 Å². The molecule has 3 N–H and O–H groups in total. The maximum Gasteiger partial charge on any atom is 0.407 e. The number of alkyl carbamates (subject to hydrolysis) is 1. The van der Waals surface area contributed by atoms with Gasteiger partial charge in [0, 0.05) is 12.2 Å². The topological polar surface area (TPSA) is 118 Å². The van der Waals surface area contributed by atoms with Gasteiger partial charge in [0.2, 0.25) is 10.0 Å². The maximum atomic E-state index is 12.5. The lowest BCUT2D eigenvalue weighted by atomic mass is 9.94. The Labute approximate surface area is 204 Å². The Morgan fingerprint density at radius 2 is 1.68 bits per heavy atom. The van der Waals surface area contributed by atoms with Crippen molar-refractivity contribution in [3.05, 3.63) is 88.4 Å².